The summed E-state index contributed by atoms with van der Waals surface area (Å²) in [6, 6.07) is 8.66. The molecule has 0 amide bonds. The van der Waals surface area contributed by atoms with Crippen LogP contribution in [0.3, 0.4) is 0 Å². The van der Waals surface area contributed by atoms with Crippen LogP contribution < -0.4 is 0 Å². The van der Waals surface area contributed by atoms with Crippen molar-refractivity contribution in [1.82, 2.24) is 0 Å². The summed E-state index contributed by atoms with van der Waals surface area (Å²) in [6.45, 7) is 3.87. The Hall–Kier alpha value is -0.300. The largest absolute Gasteiger partial charge is 0.0609 e. The summed E-state index contributed by atoms with van der Waals surface area (Å²) >= 11 is 3.51. The molecule has 0 fully saturated rings. The van der Waals surface area contributed by atoms with Crippen molar-refractivity contribution in [3.8, 4) is 0 Å². The summed E-state index contributed by atoms with van der Waals surface area (Å²) in [7, 11) is 0. The maximum Gasteiger partial charge on any atom is 0.0177 e. The maximum atomic E-state index is 3.87. The van der Waals surface area contributed by atoms with Gasteiger partial charge in [0, 0.05) is 4.47 Å². The second kappa shape index (κ2) is 9.70. The van der Waals surface area contributed by atoms with Gasteiger partial charge in [-0.2, -0.15) is 0 Å². The van der Waals surface area contributed by atoms with E-state index in [2.05, 4.69) is 47.1 Å². The van der Waals surface area contributed by atoms with Crippen LogP contribution >= 0.6 is 15.9 Å². The highest BCUT2D eigenvalue weighted by molar-refractivity contribution is 9.10. The topological polar surface area (TPSA) is 0 Å². The van der Waals surface area contributed by atoms with Gasteiger partial charge in [-0.15, -0.1) is 0 Å². The Bertz CT molecular complexity index is 293. The van der Waals surface area contributed by atoms with Crippen LogP contribution in [0.2, 0.25) is 0 Å². The smallest absolute Gasteiger partial charge is 0.0177 e. The van der Waals surface area contributed by atoms with Gasteiger partial charge in [0.15, 0.2) is 0 Å². The van der Waals surface area contributed by atoms with Gasteiger partial charge < -0.3 is 0 Å². The van der Waals surface area contributed by atoms with Crippen LogP contribution in [0.15, 0.2) is 28.7 Å². The summed E-state index contributed by atoms with van der Waals surface area (Å²) in [4.78, 5) is 0. The summed E-state index contributed by atoms with van der Waals surface area (Å²) in [5.41, 5.74) is 1.46. The summed E-state index contributed by atoms with van der Waals surface area (Å²) < 4.78 is 1.20. The Balaban J connectivity index is 1.97. The van der Waals surface area contributed by atoms with Crippen molar-refractivity contribution in [2.75, 3.05) is 0 Å². The van der Waals surface area contributed by atoms with Gasteiger partial charge in [-0.05, 0) is 30.5 Å². The molecule has 0 heterocycles. The number of unbranched alkanes of at least 4 members (excludes halogenated alkanes) is 7. The van der Waals surface area contributed by atoms with E-state index >= 15 is 0 Å². The third-order valence-corrected chi connectivity index (χ3v) is 3.60. The number of halogens is 1. The van der Waals surface area contributed by atoms with E-state index in [1.165, 1.54) is 61.4 Å². The quantitative estimate of drug-likeness (QED) is 0.494. The SMILES string of the molecule is [CH2]CCCCCCCCCc1cccc(Br)c1. The Morgan fingerprint density at radius 2 is 1.53 bits per heavy atom. The Kier molecular flexibility index (Phi) is 8.42. The first kappa shape index (κ1) is 14.8. The normalized spacial score (nSPS) is 10.7. The Morgan fingerprint density at radius 1 is 0.882 bits per heavy atom. The molecule has 0 nitrogen and oxygen atoms in total. The molecule has 0 aliphatic rings. The summed E-state index contributed by atoms with van der Waals surface area (Å²) in [5.74, 6) is 0. The highest BCUT2D eigenvalue weighted by Gasteiger charge is 1.95. The second-order valence-corrected chi connectivity index (χ2v) is 5.62. The first-order chi connectivity index (χ1) is 8.33. The molecule has 0 unspecified atom stereocenters. The van der Waals surface area contributed by atoms with Gasteiger partial charge in [-0.1, -0.05) is 79.9 Å². The number of rotatable bonds is 9. The number of hydrogen-bond acceptors (Lipinski definition) is 0. The molecule has 0 bridgehead atoms. The first-order valence-electron chi connectivity index (χ1n) is 6.86. The molecule has 1 rings (SSSR count). The molecule has 0 aromatic heterocycles. The molecule has 17 heavy (non-hydrogen) atoms. The van der Waals surface area contributed by atoms with Crippen LogP contribution in [-0.2, 0) is 6.42 Å². The fourth-order valence-electron chi connectivity index (χ4n) is 2.08. The lowest BCUT2D eigenvalue weighted by molar-refractivity contribution is 0.581. The predicted molar refractivity (Wildman–Crippen MR) is 80.1 cm³/mol. The predicted octanol–water partition coefficient (Wildman–Crippen LogP) is 5.95. The average Bonchev–Trinajstić information content (AvgIpc) is 2.33. The van der Waals surface area contributed by atoms with E-state index in [1.54, 1.807) is 0 Å². The minimum Gasteiger partial charge on any atom is -0.0609 e. The maximum absolute atomic E-state index is 3.87. The molecule has 1 heteroatoms. The van der Waals surface area contributed by atoms with Crippen molar-refractivity contribution in [2.24, 2.45) is 0 Å². The fourth-order valence-corrected chi connectivity index (χ4v) is 2.53. The Labute approximate surface area is 115 Å². The fraction of sp³-hybridized carbons (Fsp3) is 0.562. The van der Waals surface area contributed by atoms with E-state index in [1.807, 2.05) is 0 Å². The molecule has 0 aliphatic carbocycles. The van der Waals surface area contributed by atoms with Gasteiger partial charge in [-0.25, -0.2) is 0 Å². The van der Waals surface area contributed by atoms with E-state index in [-0.39, 0.29) is 0 Å². The highest BCUT2D eigenvalue weighted by Crippen LogP contribution is 2.15. The van der Waals surface area contributed by atoms with Crippen LogP contribution in [0.4, 0.5) is 0 Å². The molecule has 1 radical (unpaired) electrons. The van der Waals surface area contributed by atoms with Crippen molar-refractivity contribution in [3.05, 3.63) is 41.2 Å². The molecule has 0 saturated heterocycles. The zero-order chi connectivity index (χ0) is 12.3. The summed E-state index contributed by atoms with van der Waals surface area (Å²) in [5, 5.41) is 0. The number of hydrogen-bond donors (Lipinski definition) is 0. The third-order valence-electron chi connectivity index (χ3n) is 3.10. The van der Waals surface area contributed by atoms with Crippen molar-refractivity contribution < 1.29 is 0 Å². The molecular weight excluding hydrogens is 272 g/mol. The molecule has 1 aromatic carbocycles. The van der Waals surface area contributed by atoms with E-state index < -0.39 is 0 Å². The zero-order valence-electron chi connectivity index (χ0n) is 10.8. The minimum atomic E-state index is 1.10. The molecule has 0 spiro atoms. The highest BCUT2D eigenvalue weighted by atomic mass is 79.9. The average molecular weight is 296 g/mol. The lowest BCUT2D eigenvalue weighted by Crippen LogP contribution is -1.86. The van der Waals surface area contributed by atoms with Crippen molar-refractivity contribution in [1.29, 1.82) is 0 Å². The second-order valence-electron chi connectivity index (χ2n) is 4.71. The molecule has 0 atom stereocenters. The summed E-state index contributed by atoms with van der Waals surface area (Å²) in [6.07, 6.45) is 11.9. The van der Waals surface area contributed by atoms with Crippen molar-refractivity contribution in [2.45, 2.75) is 57.8 Å². The first-order valence-corrected chi connectivity index (χ1v) is 7.66. The van der Waals surface area contributed by atoms with E-state index in [0.29, 0.717) is 0 Å². The molecule has 0 N–H and O–H groups in total. The molecule has 1 aromatic rings. The monoisotopic (exact) mass is 295 g/mol. The van der Waals surface area contributed by atoms with Gasteiger partial charge in [0.2, 0.25) is 0 Å². The van der Waals surface area contributed by atoms with Crippen LogP contribution in [0, 0.1) is 6.92 Å². The molecule has 95 valence electrons. The van der Waals surface area contributed by atoms with Crippen LogP contribution in [0.5, 0.6) is 0 Å². The third kappa shape index (κ3) is 7.59. The number of aryl methyl sites for hydroxylation is 1. The van der Waals surface area contributed by atoms with E-state index in [0.717, 1.165) is 6.42 Å². The van der Waals surface area contributed by atoms with Gasteiger partial charge in [0.25, 0.3) is 0 Å². The van der Waals surface area contributed by atoms with Crippen LogP contribution in [0.1, 0.15) is 56.9 Å². The van der Waals surface area contributed by atoms with Gasteiger partial charge >= 0.3 is 0 Å². The lowest BCUT2D eigenvalue weighted by Gasteiger charge is -2.03. The van der Waals surface area contributed by atoms with Gasteiger partial charge in [0.05, 0.1) is 0 Å². The van der Waals surface area contributed by atoms with Gasteiger partial charge in [-0.3, -0.25) is 0 Å². The van der Waals surface area contributed by atoms with Crippen molar-refractivity contribution in [3.63, 3.8) is 0 Å². The standard InChI is InChI=1S/C16H24Br/c1-2-3-4-5-6-7-8-9-11-15-12-10-13-16(17)14-15/h10,12-14H,1-9,11H2. The van der Waals surface area contributed by atoms with E-state index in [9.17, 15) is 0 Å². The Morgan fingerprint density at radius 3 is 2.18 bits per heavy atom. The van der Waals surface area contributed by atoms with Gasteiger partial charge in [0.1, 0.15) is 0 Å². The molecule has 0 saturated carbocycles. The van der Waals surface area contributed by atoms with E-state index in [4.69, 9.17) is 0 Å². The minimum absolute atomic E-state index is 1.10. The van der Waals surface area contributed by atoms with Crippen LogP contribution in [-0.4, -0.2) is 0 Å². The number of benzene rings is 1. The lowest BCUT2D eigenvalue weighted by atomic mass is 10.0. The molecular formula is C16H24Br. The molecule has 0 aliphatic heterocycles. The van der Waals surface area contributed by atoms with Crippen molar-refractivity contribution >= 4 is 15.9 Å². The van der Waals surface area contributed by atoms with Crippen LogP contribution in [0.25, 0.3) is 0 Å². The zero-order valence-corrected chi connectivity index (χ0v) is 12.3.